The minimum atomic E-state index is -5.25. The van der Waals surface area contributed by atoms with Crippen molar-refractivity contribution in [3.63, 3.8) is 0 Å². The fourth-order valence-electron chi connectivity index (χ4n) is 1.88. The summed E-state index contributed by atoms with van der Waals surface area (Å²) < 4.78 is 41.0. The Morgan fingerprint density at radius 3 is 2.59 bits per heavy atom. The molecule has 0 unspecified atom stereocenters. The maximum atomic E-state index is 12.0. The third-order valence-electron chi connectivity index (χ3n) is 2.80. The zero-order valence-corrected chi connectivity index (χ0v) is 11.2. The number of alkyl halides is 3. The molecule has 0 N–H and O–H groups in total. The molecule has 6 nitrogen and oxygen atoms in total. The Labute approximate surface area is 121 Å². The van der Waals surface area contributed by atoms with Crippen LogP contribution >= 0.6 is 0 Å². The Kier molecular flexibility index (Phi) is 3.98. The fraction of sp³-hybridized carbons (Fsp3) is 0.231. The molecule has 2 rings (SSSR count). The number of halogens is 3. The summed E-state index contributed by atoms with van der Waals surface area (Å²) in [4.78, 5) is 37.4. The van der Waals surface area contributed by atoms with Gasteiger partial charge in [-0.1, -0.05) is 0 Å². The van der Waals surface area contributed by atoms with E-state index in [1.165, 1.54) is 36.1 Å². The van der Waals surface area contributed by atoms with Gasteiger partial charge in [0.05, 0.1) is 5.52 Å². The standard InChI is InChI=1S/C13H9F3N2O4/c1-7(19)9-5-18(10-2-3-17-4-8(9)10)6-11(20)22-12(21)13(14,15)16/h2-5H,6H2,1H3. The Balaban J connectivity index is 2.27. The number of hydrogen-bond donors (Lipinski definition) is 0. The second-order valence-electron chi connectivity index (χ2n) is 4.38. The number of hydrogen-bond acceptors (Lipinski definition) is 5. The number of rotatable bonds is 3. The van der Waals surface area contributed by atoms with Crippen molar-refractivity contribution >= 4 is 28.6 Å². The molecule has 0 aromatic carbocycles. The summed E-state index contributed by atoms with van der Waals surface area (Å²) in [6.45, 7) is 0.660. The van der Waals surface area contributed by atoms with Gasteiger partial charge in [-0.05, 0) is 13.0 Å². The minimum Gasteiger partial charge on any atom is -0.385 e. The lowest BCUT2D eigenvalue weighted by Crippen LogP contribution is -2.29. The minimum absolute atomic E-state index is 0.262. The van der Waals surface area contributed by atoms with Gasteiger partial charge in [-0.25, -0.2) is 9.59 Å². The van der Waals surface area contributed by atoms with Crippen molar-refractivity contribution < 1.29 is 32.3 Å². The van der Waals surface area contributed by atoms with Crippen molar-refractivity contribution in [2.75, 3.05) is 0 Å². The van der Waals surface area contributed by atoms with E-state index in [2.05, 4.69) is 9.72 Å². The van der Waals surface area contributed by atoms with E-state index < -0.39 is 24.7 Å². The molecular formula is C13H9F3N2O4. The highest BCUT2D eigenvalue weighted by Crippen LogP contribution is 2.21. The molecule has 2 aromatic rings. The molecule has 0 amide bonds. The van der Waals surface area contributed by atoms with E-state index in [1.54, 1.807) is 0 Å². The monoisotopic (exact) mass is 314 g/mol. The van der Waals surface area contributed by atoms with E-state index in [-0.39, 0.29) is 11.3 Å². The smallest absolute Gasteiger partial charge is 0.385 e. The molecule has 2 heterocycles. The van der Waals surface area contributed by atoms with E-state index in [0.717, 1.165) is 0 Å². The van der Waals surface area contributed by atoms with Gasteiger partial charge in [0.1, 0.15) is 6.54 Å². The number of ketones is 1. The van der Waals surface area contributed by atoms with E-state index in [1.807, 2.05) is 0 Å². The second-order valence-corrected chi connectivity index (χ2v) is 4.38. The molecular weight excluding hydrogens is 305 g/mol. The Bertz CT molecular complexity index is 764. The highest BCUT2D eigenvalue weighted by molar-refractivity contribution is 6.07. The van der Waals surface area contributed by atoms with Gasteiger partial charge >= 0.3 is 18.1 Å². The maximum Gasteiger partial charge on any atom is 0.491 e. The van der Waals surface area contributed by atoms with Gasteiger partial charge in [-0.3, -0.25) is 9.78 Å². The lowest BCUT2D eigenvalue weighted by atomic mass is 10.2. The lowest BCUT2D eigenvalue weighted by molar-refractivity contribution is -0.202. The van der Waals surface area contributed by atoms with Gasteiger partial charge in [0.15, 0.2) is 5.78 Å². The van der Waals surface area contributed by atoms with Gasteiger partial charge in [-0.2, -0.15) is 13.2 Å². The first-order valence-corrected chi connectivity index (χ1v) is 5.95. The largest absolute Gasteiger partial charge is 0.491 e. The quantitative estimate of drug-likeness (QED) is 0.491. The van der Waals surface area contributed by atoms with Crippen LogP contribution < -0.4 is 0 Å². The molecule has 0 radical (unpaired) electrons. The molecule has 116 valence electrons. The zero-order chi connectivity index (χ0) is 16.5. The average molecular weight is 314 g/mol. The van der Waals surface area contributed by atoms with Gasteiger partial charge in [0, 0.05) is 29.5 Å². The van der Waals surface area contributed by atoms with Gasteiger partial charge in [0.25, 0.3) is 0 Å². The van der Waals surface area contributed by atoms with Crippen molar-refractivity contribution in [1.82, 2.24) is 9.55 Å². The lowest BCUT2D eigenvalue weighted by Gasteiger charge is -2.07. The molecule has 0 bridgehead atoms. The number of aromatic nitrogens is 2. The SMILES string of the molecule is CC(=O)c1cn(CC(=O)OC(=O)C(F)(F)F)c2ccncc12. The van der Waals surface area contributed by atoms with Crippen LogP contribution in [0.2, 0.25) is 0 Å². The molecule has 0 saturated carbocycles. The summed E-state index contributed by atoms with van der Waals surface area (Å²) in [6.07, 6.45) is -1.15. The van der Waals surface area contributed by atoms with Crippen LogP contribution in [0.5, 0.6) is 0 Å². The first kappa shape index (κ1) is 15.7. The molecule has 0 atom stereocenters. The van der Waals surface area contributed by atoms with Crippen LogP contribution in [0, 0.1) is 0 Å². The zero-order valence-electron chi connectivity index (χ0n) is 11.2. The van der Waals surface area contributed by atoms with E-state index in [0.29, 0.717) is 10.9 Å². The molecule has 9 heteroatoms. The topological polar surface area (TPSA) is 78.3 Å². The molecule has 0 aliphatic heterocycles. The van der Waals surface area contributed by atoms with Crippen LogP contribution in [-0.2, 0) is 20.9 Å². The van der Waals surface area contributed by atoms with Crippen molar-refractivity contribution in [2.24, 2.45) is 0 Å². The van der Waals surface area contributed by atoms with Crippen molar-refractivity contribution in [3.05, 3.63) is 30.2 Å². The molecule has 0 aliphatic carbocycles. The number of pyridine rings is 1. The first-order valence-electron chi connectivity index (χ1n) is 5.95. The summed E-state index contributed by atoms with van der Waals surface area (Å²) in [6, 6.07) is 1.49. The van der Waals surface area contributed by atoms with Crippen molar-refractivity contribution in [1.29, 1.82) is 0 Å². The number of esters is 2. The molecule has 0 spiro atoms. The first-order chi connectivity index (χ1) is 10.2. The highest BCUT2D eigenvalue weighted by atomic mass is 19.4. The fourth-order valence-corrected chi connectivity index (χ4v) is 1.88. The average Bonchev–Trinajstić information content (AvgIpc) is 2.77. The van der Waals surface area contributed by atoms with Gasteiger partial charge in [-0.15, -0.1) is 0 Å². The molecule has 22 heavy (non-hydrogen) atoms. The number of carbonyl (C=O) groups excluding carboxylic acids is 3. The molecule has 0 fully saturated rings. The number of nitrogens with zero attached hydrogens (tertiary/aromatic N) is 2. The van der Waals surface area contributed by atoms with Crippen molar-refractivity contribution in [3.8, 4) is 0 Å². The van der Waals surface area contributed by atoms with Gasteiger partial charge in [0.2, 0.25) is 0 Å². The number of carbonyl (C=O) groups is 3. The van der Waals surface area contributed by atoms with Crippen LogP contribution in [0.4, 0.5) is 13.2 Å². The maximum absolute atomic E-state index is 12.0. The Morgan fingerprint density at radius 2 is 2.00 bits per heavy atom. The van der Waals surface area contributed by atoms with E-state index in [4.69, 9.17) is 0 Å². The highest BCUT2D eigenvalue weighted by Gasteiger charge is 2.42. The molecule has 0 saturated heterocycles. The number of Topliss-reactive ketones (excluding diaryl/α,β-unsaturated/α-hetero) is 1. The molecule has 0 aliphatic rings. The summed E-state index contributed by atoms with van der Waals surface area (Å²) >= 11 is 0. The number of ether oxygens (including phenoxy) is 1. The van der Waals surface area contributed by atoms with Gasteiger partial charge < -0.3 is 9.30 Å². The number of fused-ring (bicyclic) bond motifs is 1. The third-order valence-corrected chi connectivity index (χ3v) is 2.80. The van der Waals surface area contributed by atoms with Crippen LogP contribution in [-0.4, -0.2) is 33.4 Å². The summed E-state index contributed by atoms with van der Waals surface area (Å²) in [7, 11) is 0. The Hall–Kier alpha value is -2.71. The predicted molar refractivity (Wildman–Crippen MR) is 66.9 cm³/mol. The molecule has 2 aromatic heterocycles. The normalized spacial score (nSPS) is 11.5. The summed E-state index contributed by atoms with van der Waals surface area (Å²) in [5, 5.41) is 0.449. The Morgan fingerprint density at radius 1 is 1.32 bits per heavy atom. The predicted octanol–water partition coefficient (Wildman–Crippen LogP) is 1.87. The van der Waals surface area contributed by atoms with Crippen molar-refractivity contribution in [2.45, 2.75) is 19.6 Å². The van der Waals surface area contributed by atoms with E-state index >= 15 is 0 Å². The van der Waals surface area contributed by atoms with Crippen LogP contribution in [0.3, 0.4) is 0 Å². The van der Waals surface area contributed by atoms with Crippen LogP contribution in [0.1, 0.15) is 17.3 Å². The van der Waals surface area contributed by atoms with Crippen LogP contribution in [0.25, 0.3) is 10.9 Å². The summed E-state index contributed by atoms with van der Waals surface area (Å²) in [5.74, 6) is -4.26. The summed E-state index contributed by atoms with van der Waals surface area (Å²) in [5.41, 5.74) is 0.676. The van der Waals surface area contributed by atoms with E-state index in [9.17, 15) is 27.6 Å². The van der Waals surface area contributed by atoms with Crippen LogP contribution in [0.15, 0.2) is 24.7 Å². The third kappa shape index (κ3) is 3.13. The second kappa shape index (κ2) is 5.58.